The fourth-order valence-corrected chi connectivity index (χ4v) is 6.95. The molecule has 2 atom stereocenters. The Balaban J connectivity index is 1.52. The van der Waals surface area contributed by atoms with E-state index in [0.717, 1.165) is 29.5 Å². The number of aliphatic carboxylic acids is 1. The Labute approximate surface area is 247 Å². The molecule has 42 heavy (non-hydrogen) atoms. The van der Waals surface area contributed by atoms with Crippen LogP contribution in [0.5, 0.6) is 17.2 Å². The van der Waals surface area contributed by atoms with Gasteiger partial charge in [0.1, 0.15) is 22.8 Å². The van der Waals surface area contributed by atoms with Crippen LogP contribution in [0.4, 0.5) is 0 Å². The predicted octanol–water partition coefficient (Wildman–Crippen LogP) is 4.82. The third-order valence-electron chi connectivity index (χ3n) is 7.77. The number of rotatable bonds is 3. The molecule has 220 valence electrons. The largest absolute Gasteiger partial charge is 0.495 e. The summed E-state index contributed by atoms with van der Waals surface area (Å²) in [6.45, 7) is 2.93. The Bertz CT molecular complexity index is 1810. The van der Waals surface area contributed by atoms with E-state index < -0.39 is 22.2 Å². The van der Waals surface area contributed by atoms with Gasteiger partial charge < -0.3 is 18.8 Å². The predicted molar refractivity (Wildman–Crippen MR) is 154 cm³/mol. The number of carboxylic acids is 1. The van der Waals surface area contributed by atoms with E-state index >= 15 is 0 Å². The van der Waals surface area contributed by atoms with Gasteiger partial charge in [-0.3, -0.25) is 4.79 Å². The van der Waals surface area contributed by atoms with E-state index in [0.29, 0.717) is 46.9 Å². The van der Waals surface area contributed by atoms with Crippen molar-refractivity contribution in [2.24, 2.45) is 0 Å². The van der Waals surface area contributed by atoms with Crippen LogP contribution in [0, 0.1) is 6.92 Å². The summed E-state index contributed by atoms with van der Waals surface area (Å²) in [5, 5.41) is 18.9. The van der Waals surface area contributed by atoms with Gasteiger partial charge in [0.15, 0.2) is 0 Å². The molecule has 1 aromatic heterocycles. The lowest BCUT2D eigenvalue weighted by Gasteiger charge is -2.29. The minimum absolute atomic E-state index is 0.0399. The summed E-state index contributed by atoms with van der Waals surface area (Å²) in [6.07, 6.45) is 1.35. The summed E-state index contributed by atoms with van der Waals surface area (Å²) in [7, 11) is -2.69. The molecule has 0 amide bonds. The maximum atomic E-state index is 13.2. The molecule has 0 spiro atoms. The van der Waals surface area contributed by atoms with E-state index in [1.165, 1.54) is 11.4 Å². The van der Waals surface area contributed by atoms with E-state index in [2.05, 4.69) is 10.3 Å². The highest BCUT2D eigenvalue weighted by atomic mass is 35.5. The first-order chi connectivity index (χ1) is 20.1. The molecule has 0 saturated carbocycles. The number of hydrogen-bond donors (Lipinski definition) is 1. The van der Waals surface area contributed by atoms with Crippen molar-refractivity contribution in [3.63, 3.8) is 0 Å². The zero-order valence-electron chi connectivity index (χ0n) is 23.0. The molecule has 13 heteroatoms. The number of aryl methyl sites for hydroxylation is 2. The molecular weight excluding hydrogens is 584 g/mol. The van der Waals surface area contributed by atoms with Gasteiger partial charge in [-0.15, -0.1) is 5.10 Å². The fraction of sp³-hybridized carbons (Fsp3) is 0.345. The SMILES string of the molecule is COc1cc2cc(c1Cl)CN1Cc3cc(ccc3OS1(=O)=O)OCCCCn1nnc3c(C)c(ccc31)C2CC(=O)O. The van der Waals surface area contributed by atoms with Gasteiger partial charge in [-0.1, -0.05) is 28.9 Å². The topological polar surface area (TPSA) is 133 Å². The van der Waals surface area contributed by atoms with E-state index in [4.69, 9.17) is 25.3 Å². The van der Waals surface area contributed by atoms with Gasteiger partial charge in [-0.25, -0.2) is 4.68 Å². The summed E-state index contributed by atoms with van der Waals surface area (Å²) in [5.74, 6) is -0.429. The highest BCUT2D eigenvalue weighted by Crippen LogP contribution is 2.40. The first-order valence-electron chi connectivity index (χ1n) is 13.5. The monoisotopic (exact) mass is 612 g/mol. The smallest absolute Gasteiger partial charge is 0.385 e. The van der Waals surface area contributed by atoms with E-state index in [1.54, 1.807) is 30.3 Å². The van der Waals surface area contributed by atoms with Gasteiger partial charge in [0.05, 0.1) is 30.7 Å². The van der Waals surface area contributed by atoms with Crippen molar-refractivity contribution in [1.29, 1.82) is 0 Å². The highest BCUT2D eigenvalue weighted by Gasteiger charge is 2.33. The Kier molecular flexibility index (Phi) is 7.46. The molecule has 3 aliphatic rings. The van der Waals surface area contributed by atoms with Crippen LogP contribution in [0.15, 0.2) is 42.5 Å². The maximum Gasteiger partial charge on any atom is 0.385 e. The molecule has 0 saturated heterocycles. The van der Waals surface area contributed by atoms with Crippen molar-refractivity contribution in [1.82, 2.24) is 19.3 Å². The number of carbonyl (C=O) groups is 1. The Morgan fingerprint density at radius 3 is 2.74 bits per heavy atom. The average molecular weight is 613 g/mol. The van der Waals surface area contributed by atoms with Crippen LogP contribution in [0.25, 0.3) is 11.0 Å². The molecule has 3 aliphatic heterocycles. The van der Waals surface area contributed by atoms with Crippen molar-refractivity contribution in [2.45, 2.75) is 51.7 Å². The Morgan fingerprint density at radius 1 is 1.14 bits per heavy atom. The zero-order valence-corrected chi connectivity index (χ0v) is 24.6. The molecular formula is C29H29ClN4O7S. The zero-order chi connectivity index (χ0) is 29.6. The van der Waals surface area contributed by atoms with Gasteiger partial charge in [-0.05, 0) is 72.4 Å². The fourth-order valence-electron chi connectivity index (χ4n) is 5.62. The molecule has 4 aromatic rings. The molecule has 0 fully saturated rings. The average Bonchev–Trinajstić information content (AvgIpc) is 3.36. The molecule has 1 N–H and O–H groups in total. The molecule has 11 nitrogen and oxygen atoms in total. The van der Waals surface area contributed by atoms with Gasteiger partial charge in [-0.2, -0.15) is 12.7 Å². The highest BCUT2D eigenvalue weighted by molar-refractivity contribution is 7.84. The van der Waals surface area contributed by atoms with Gasteiger partial charge in [0.2, 0.25) is 0 Å². The number of fused-ring (bicyclic) bond motifs is 5. The number of aromatic nitrogens is 3. The Morgan fingerprint density at radius 2 is 1.95 bits per heavy atom. The lowest BCUT2D eigenvalue weighted by molar-refractivity contribution is -0.137. The second-order valence-electron chi connectivity index (χ2n) is 10.4. The number of hydrogen-bond acceptors (Lipinski definition) is 8. The number of carboxylic acid groups (broad SMARTS) is 1. The standard InChI is InChI=1S/C29H29ClN4O7S/c1-17-22-6-7-24-29(17)31-32-34(24)9-3-4-10-40-21-5-8-25-19(12-21)15-33(42(37,38)41-25)16-20-11-18(23(22)14-27(35)36)13-26(39-2)28(20)30/h5-8,11-13,23H,3-4,9-10,14-16H2,1-2H3,(H,35,36). The Hall–Kier alpha value is -3.87. The molecule has 2 unspecified atom stereocenters. The third kappa shape index (κ3) is 5.25. The first-order valence-corrected chi connectivity index (χ1v) is 15.2. The van der Waals surface area contributed by atoms with Crippen LogP contribution in [0.1, 0.15) is 53.0 Å². The van der Waals surface area contributed by atoms with Crippen molar-refractivity contribution in [2.75, 3.05) is 13.7 Å². The lowest BCUT2D eigenvalue weighted by atomic mass is 9.84. The third-order valence-corrected chi connectivity index (χ3v) is 9.48. The molecule has 0 radical (unpaired) electrons. The van der Waals surface area contributed by atoms with Crippen LogP contribution in [0.3, 0.4) is 0 Å². The summed E-state index contributed by atoms with van der Waals surface area (Å²) in [4.78, 5) is 12.1. The second-order valence-corrected chi connectivity index (χ2v) is 12.4. The van der Waals surface area contributed by atoms with Crippen LogP contribution < -0.4 is 13.7 Å². The minimum atomic E-state index is -4.15. The van der Waals surface area contributed by atoms with Crippen molar-refractivity contribution in [3.8, 4) is 17.2 Å². The quantitative estimate of drug-likeness (QED) is 0.346. The summed E-state index contributed by atoms with van der Waals surface area (Å²) < 4.78 is 46.3. The van der Waals surface area contributed by atoms with Crippen LogP contribution >= 0.6 is 11.6 Å². The molecule has 3 aromatic carbocycles. The normalized spacial score (nSPS) is 19.8. The van der Waals surface area contributed by atoms with E-state index in [1.807, 2.05) is 23.7 Å². The summed E-state index contributed by atoms with van der Waals surface area (Å²) in [6, 6.07) is 12.3. The van der Waals surface area contributed by atoms with Gasteiger partial charge >= 0.3 is 16.3 Å². The summed E-state index contributed by atoms with van der Waals surface area (Å²) in [5.41, 5.74) is 4.85. The van der Waals surface area contributed by atoms with Crippen LogP contribution in [-0.4, -0.2) is 52.5 Å². The molecule has 9 bridgehead atoms. The molecule has 7 rings (SSSR count). The number of methoxy groups -OCH3 is 1. The van der Waals surface area contributed by atoms with Crippen molar-refractivity contribution in [3.05, 3.63) is 75.3 Å². The van der Waals surface area contributed by atoms with Gasteiger partial charge in [0, 0.05) is 31.1 Å². The maximum absolute atomic E-state index is 13.2. The number of ether oxygens (including phenoxy) is 2. The second kappa shape index (κ2) is 11.1. The minimum Gasteiger partial charge on any atom is -0.495 e. The van der Waals surface area contributed by atoms with Crippen LogP contribution in [-0.2, 0) is 34.7 Å². The van der Waals surface area contributed by atoms with E-state index in [9.17, 15) is 18.3 Å². The lowest BCUT2D eigenvalue weighted by Crippen LogP contribution is -2.37. The number of benzene rings is 3. The first kappa shape index (κ1) is 28.3. The van der Waals surface area contributed by atoms with Crippen molar-refractivity contribution < 1.29 is 32.0 Å². The van der Waals surface area contributed by atoms with E-state index in [-0.39, 0.29) is 30.3 Å². The van der Waals surface area contributed by atoms with Crippen molar-refractivity contribution >= 4 is 38.9 Å². The van der Waals surface area contributed by atoms with Gasteiger partial charge in [0.25, 0.3) is 0 Å². The summed E-state index contributed by atoms with van der Waals surface area (Å²) >= 11 is 6.71. The number of nitrogens with zero attached hydrogens (tertiary/aromatic N) is 4. The van der Waals surface area contributed by atoms with Crippen LogP contribution in [0.2, 0.25) is 5.02 Å². The molecule has 4 heterocycles. The number of halogens is 1. The molecule has 0 aliphatic carbocycles.